The van der Waals surface area contributed by atoms with Crippen molar-refractivity contribution in [3.8, 4) is 0 Å². The molecule has 1 atom stereocenters. The molecule has 4 heteroatoms. The molecule has 1 saturated carbocycles. The molecule has 4 nitrogen and oxygen atoms in total. The van der Waals surface area contributed by atoms with Gasteiger partial charge in [0.2, 0.25) is 5.91 Å². The van der Waals surface area contributed by atoms with Crippen molar-refractivity contribution in [2.45, 2.75) is 38.2 Å². The van der Waals surface area contributed by atoms with Gasteiger partial charge in [0.05, 0.1) is 12.0 Å². The quantitative estimate of drug-likeness (QED) is 0.682. The van der Waals surface area contributed by atoms with Crippen molar-refractivity contribution in [1.82, 2.24) is 5.32 Å². The van der Waals surface area contributed by atoms with Gasteiger partial charge in [0.25, 0.3) is 0 Å². The van der Waals surface area contributed by atoms with Gasteiger partial charge in [-0.2, -0.15) is 0 Å². The second kappa shape index (κ2) is 5.47. The van der Waals surface area contributed by atoms with Crippen LogP contribution in [0.1, 0.15) is 32.6 Å². The van der Waals surface area contributed by atoms with Crippen LogP contribution >= 0.6 is 0 Å². The molecule has 1 aliphatic carbocycles. The molecule has 0 spiro atoms. The number of nitrogens with two attached hydrogens (primary N) is 1. The van der Waals surface area contributed by atoms with Crippen LogP contribution < -0.4 is 11.1 Å². The van der Waals surface area contributed by atoms with Gasteiger partial charge in [-0.05, 0) is 31.7 Å². The first kappa shape index (κ1) is 12.5. The molecule has 0 radical (unpaired) electrons. The van der Waals surface area contributed by atoms with Gasteiger partial charge in [-0.25, -0.2) is 0 Å². The molecule has 88 valence electrons. The summed E-state index contributed by atoms with van der Waals surface area (Å²) in [6, 6.07) is 0. The number of hydrogen-bond acceptors (Lipinski definition) is 3. The standard InChI is InChI=1S/C11H22N2O2/c1-9(7-12)8-13-10(14)6-11(15-2)4-3-5-11/h9H,3-8,12H2,1-2H3,(H,13,14). The van der Waals surface area contributed by atoms with Gasteiger partial charge in [0.1, 0.15) is 0 Å². The normalized spacial score (nSPS) is 20.5. The summed E-state index contributed by atoms with van der Waals surface area (Å²) in [5, 5.41) is 2.89. The van der Waals surface area contributed by atoms with Gasteiger partial charge < -0.3 is 15.8 Å². The van der Waals surface area contributed by atoms with Crippen LogP contribution in [0.2, 0.25) is 0 Å². The Hall–Kier alpha value is -0.610. The minimum absolute atomic E-state index is 0.0804. The number of rotatable bonds is 6. The summed E-state index contributed by atoms with van der Waals surface area (Å²) < 4.78 is 5.39. The van der Waals surface area contributed by atoms with Crippen molar-refractivity contribution in [3.05, 3.63) is 0 Å². The maximum atomic E-state index is 11.6. The van der Waals surface area contributed by atoms with Gasteiger partial charge in [-0.15, -0.1) is 0 Å². The summed E-state index contributed by atoms with van der Waals surface area (Å²) in [4.78, 5) is 11.6. The van der Waals surface area contributed by atoms with E-state index in [9.17, 15) is 4.79 Å². The average molecular weight is 214 g/mol. The van der Waals surface area contributed by atoms with E-state index in [1.807, 2.05) is 6.92 Å². The maximum Gasteiger partial charge on any atom is 0.222 e. The lowest BCUT2D eigenvalue weighted by molar-refractivity contribution is -0.134. The first-order chi connectivity index (χ1) is 7.12. The smallest absolute Gasteiger partial charge is 0.222 e. The van der Waals surface area contributed by atoms with Crippen molar-refractivity contribution < 1.29 is 9.53 Å². The molecule has 0 heterocycles. The fraction of sp³-hybridized carbons (Fsp3) is 0.909. The lowest BCUT2D eigenvalue weighted by atomic mass is 9.77. The number of nitrogens with one attached hydrogen (secondary N) is 1. The van der Waals surface area contributed by atoms with E-state index in [4.69, 9.17) is 10.5 Å². The van der Waals surface area contributed by atoms with Crippen LogP contribution in [0.5, 0.6) is 0 Å². The molecule has 1 fully saturated rings. The highest BCUT2D eigenvalue weighted by Crippen LogP contribution is 2.37. The molecular weight excluding hydrogens is 192 g/mol. The Morgan fingerprint density at radius 1 is 1.60 bits per heavy atom. The zero-order valence-electron chi connectivity index (χ0n) is 9.71. The summed E-state index contributed by atoms with van der Waals surface area (Å²) in [7, 11) is 1.69. The lowest BCUT2D eigenvalue weighted by Gasteiger charge is -2.40. The predicted octanol–water partition coefficient (Wildman–Crippen LogP) is 0.657. The summed E-state index contributed by atoms with van der Waals surface area (Å²) in [5.74, 6) is 0.422. The Kier molecular flexibility index (Phi) is 4.54. The van der Waals surface area contributed by atoms with Crippen LogP contribution in [0.25, 0.3) is 0 Å². The SMILES string of the molecule is COC1(CC(=O)NCC(C)CN)CCC1. The Bertz CT molecular complexity index is 209. The zero-order chi connectivity index (χ0) is 11.3. The highest BCUT2D eigenvalue weighted by Gasteiger charge is 2.38. The molecule has 1 unspecified atom stereocenters. The van der Waals surface area contributed by atoms with Crippen LogP contribution in [-0.2, 0) is 9.53 Å². The fourth-order valence-corrected chi connectivity index (χ4v) is 1.75. The van der Waals surface area contributed by atoms with E-state index in [0.717, 1.165) is 12.8 Å². The number of hydrogen-bond donors (Lipinski definition) is 2. The van der Waals surface area contributed by atoms with Crippen LogP contribution in [0.4, 0.5) is 0 Å². The molecule has 0 aliphatic heterocycles. The van der Waals surface area contributed by atoms with Crippen molar-refractivity contribution in [1.29, 1.82) is 0 Å². The third kappa shape index (κ3) is 3.47. The average Bonchev–Trinajstić information content (AvgIpc) is 2.20. The Balaban J connectivity index is 2.23. The highest BCUT2D eigenvalue weighted by molar-refractivity contribution is 5.77. The van der Waals surface area contributed by atoms with E-state index >= 15 is 0 Å². The molecule has 0 saturated heterocycles. The van der Waals surface area contributed by atoms with E-state index in [0.29, 0.717) is 25.4 Å². The molecule has 15 heavy (non-hydrogen) atoms. The van der Waals surface area contributed by atoms with Crippen LogP contribution in [0, 0.1) is 5.92 Å². The molecule has 0 bridgehead atoms. The number of methoxy groups -OCH3 is 1. The van der Waals surface area contributed by atoms with Gasteiger partial charge in [0.15, 0.2) is 0 Å². The van der Waals surface area contributed by atoms with E-state index in [1.165, 1.54) is 6.42 Å². The minimum Gasteiger partial charge on any atom is -0.378 e. The predicted molar refractivity (Wildman–Crippen MR) is 59.4 cm³/mol. The molecule has 3 N–H and O–H groups in total. The Morgan fingerprint density at radius 3 is 2.67 bits per heavy atom. The van der Waals surface area contributed by atoms with Crippen molar-refractivity contribution in [2.75, 3.05) is 20.2 Å². The Morgan fingerprint density at radius 2 is 2.27 bits per heavy atom. The van der Waals surface area contributed by atoms with Gasteiger partial charge in [0, 0.05) is 13.7 Å². The first-order valence-electron chi connectivity index (χ1n) is 5.64. The molecule has 1 aliphatic rings. The monoisotopic (exact) mass is 214 g/mol. The number of carbonyl (C=O) groups excluding carboxylic acids is 1. The third-order valence-electron chi connectivity index (χ3n) is 3.23. The zero-order valence-corrected chi connectivity index (χ0v) is 9.71. The number of amides is 1. The van der Waals surface area contributed by atoms with Gasteiger partial charge in [-0.3, -0.25) is 4.79 Å². The van der Waals surface area contributed by atoms with Crippen LogP contribution in [0.15, 0.2) is 0 Å². The molecular formula is C11H22N2O2. The van der Waals surface area contributed by atoms with Crippen LogP contribution in [0.3, 0.4) is 0 Å². The van der Waals surface area contributed by atoms with Gasteiger partial charge in [-0.1, -0.05) is 6.92 Å². The third-order valence-corrected chi connectivity index (χ3v) is 3.23. The van der Waals surface area contributed by atoms with E-state index in [-0.39, 0.29) is 11.5 Å². The largest absolute Gasteiger partial charge is 0.378 e. The summed E-state index contributed by atoms with van der Waals surface area (Å²) in [5.41, 5.74) is 5.30. The van der Waals surface area contributed by atoms with Crippen LogP contribution in [-0.4, -0.2) is 31.7 Å². The van der Waals surface area contributed by atoms with E-state index in [1.54, 1.807) is 7.11 Å². The molecule has 0 aromatic rings. The van der Waals surface area contributed by atoms with E-state index < -0.39 is 0 Å². The summed E-state index contributed by atoms with van der Waals surface area (Å²) in [6.07, 6.45) is 3.66. The topological polar surface area (TPSA) is 64.3 Å². The van der Waals surface area contributed by atoms with E-state index in [2.05, 4.69) is 5.32 Å². The molecule has 1 amide bonds. The van der Waals surface area contributed by atoms with Crippen molar-refractivity contribution in [3.63, 3.8) is 0 Å². The first-order valence-corrected chi connectivity index (χ1v) is 5.64. The fourth-order valence-electron chi connectivity index (χ4n) is 1.75. The lowest BCUT2D eigenvalue weighted by Crippen LogP contribution is -2.44. The van der Waals surface area contributed by atoms with Crippen molar-refractivity contribution >= 4 is 5.91 Å². The maximum absolute atomic E-state index is 11.6. The van der Waals surface area contributed by atoms with Crippen molar-refractivity contribution in [2.24, 2.45) is 11.7 Å². The van der Waals surface area contributed by atoms with Gasteiger partial charge >= 0.3 is 0 Å². The minimum atomic E-state index is -0.171. The Labute approximate surface area is 91.5 Å². The highest BCUT2D eigenvalue weighted by atomic mass is 16.5. The summed E-state index contributed by atoms with van der Waals surface area (Å²) >= 11 is 0. The molecule has 0 aromatic carbocycles. The second-order valence-electron chi connectivity index (χ2n) is 4.56. The second-order valence-corrected chi connectivity index (χ2v) is 4.56. The number of carbonyl (C=O) groups is 1. The summed E-state index contributed by atoms with van der Waals surface area (Å²) in [6.45, 7) is 3.29. The molecule has 0 aromatic heterocycles. The molecule has 1 rings (SSSR count). The number of ether oxygens (including phenoxy) is 1.